The molecule has 0 aliphatic carbocycles. The third-order valence-electron chi connectivity index (χ3n) is 4.63. The fourth-order valence-corrected chi connectivity index (χ4v) is 3.13. The number of benzene rings is 1. The minimum Gasteiger partial charge on any atom is -0.382 e. The van der Waals surface area contributed by atoms with Gasteiger partial charge in [0.15, 0.2) is 11.6 Å². The number of nitrogen functional groups attached to an aromatic ring is 1. The molecule has 3 N–H and O–H groups in total. The maximum atomic E-state index is 14.1. The molecule has 0 bridgehead atoms. The molecule has 4 rings (SSSR count). The highest BCUT2D eigenvalue weighted by molar-refractivity contribution is 5.66. The van der Waals surface area contributed by atoms with Crippen molar-refractivity contribution in [3.05, 3.63) is 71.9 Å². The normalized spacial score (nSPS) is 13.8. The third-order valence-corrected chi connectivity index (χ3v) is 4.63. The Morgan fingerprint density at radius 2 is 2.00 bits per heavy atom. The third kappa shape index (κ3) is 2.63. The number of halogens is 2. The molecule has 9 heteroatoms. The van der Waals surface area contributed by atoms with Crippen LogP contribution >= 0.6 is 0 Å². The maximum absolute atomic E-state index is 14.1. The molecule has 7 nitrogen and oxygen atoms in total. The van der Waals surface area contributed by atoms with Gasteiger partial charge in [-0.05, 0) is 30.7 Å². The van der Waals surface area contributed by atoms with E-state index in [1.54, 1.807) is 19.1 Å². The van der Waals surface area contributed by atoms with E-state index in [9.17, 15) is 13.9 Å². The Balaban J connectivity index is 1.83. The molecule has 27 heavy (non-hydrogen) atoms. The molecule has 0 saturated carbocycles. The molecule has 0 radical (unpaired) electrons. The lowest BCUT2D eigenvalue weighted by Crippen LogP contribution is -2.28. The fourth-order valence-electron chi connectivity index (χ4n) is 3.13. The number of aliphatic hydroxyl groups is 1. The second kappa shape index (κ2) is 6.13. The van der Waals surface area contributed by atoms with Crippen LogP contribution in [-0.2, 0) is 5.60 Å². The summed E-state index contributed by atoms with van der Waals surface area (Å²) < 4.78 is 30.0. The Bertz CT molecular complexity index is 1140. The molecule has 1 aromatic carbocycles. The maximum Gasteiger partial charge on any atom is 0.151 e. The first-order valence-electron chi connectivity index (χ1n) is 8.25. The molecule has 1 atom stereocenters. The SMILES string of the molecule is CCC(O)(c1cnn(-c2ccc(F)cc2F)c1)c1ccc2c(N)ncnn12. The Kier molecular flexibility index (Phi) is 3.88. The molecule has 3 heterocycles. The lowest BCUT2D eigenvalue weighted by Gasteiger charge is -2.25. The summed E-state index contributed by atoms with van der Waals surface area (Å²) >= 11 is 0. The van der Waals surface area contributed by atoms with Gasteiger partial charge in [0, 0.05) is 17.8 Å². The van der Waals surface area contributed by atoms with Crippen LogP contribution in [0.3, 0.4) is 0 Å². The summed E-state index contributed by atoms with van der Waals surface area (Å²) in [5.74, 6) is -1.14. The Hall–Kier alpha value is -3.33. The van der Waals surface area contributed by atoms with E-state index in [0.29, 0.717) is 29.0 Å². The van der Waals surface area contributed by atoms with E-state index in [1.807, 2.05) is 0 Å². The molecular formula is C18H16F2N6O. The molecule has 4 aromatic rings. The van der Waals surface area contributed by atoms with Crippen LogP contribution in [-0.4, -0.2) is 29.5 Å². The van der Waals surface area contributed by atoms with Gasteiger partial charge in [-0.3, -0.25) is 0 Å². The quantitative estimate of drug-likeness (QED) is 0.575. The number of aromatic nitrogens is 5. The van der Waals surface area contributed by atoms with Crippen LogP contribution in [0.25, 0.3) is 11.2 Å². The summed E-state index contributed by atoms with van der Waals surface area (Å²) in [5, 5.41) is 19.7. The van der Waals surface area contributed by atoms with Gasteiger partial charge in [-0.1, -0.05) is 6.92 Å². The van der Waals surface area contributed by atoms with Crippen LogP contribution in [0.2, 0.25) is 0 Å². The summed E-state index contributed by atoms with van der Waals surface area (Å²) in [5.41, 5.74) is 5.98. The van der Waals surface area contributed by atoms with Gasteiger partial charge in [0.2, 0.25) is 0 Å². The number of hydrogen-bond donors (Lipinski definition) is 2. The summed E-state index contributed by atoms with van der Waals surface area (Å²) in [6, 6.07) is 6.64. The molecule has 0 fully saturated rings. The predicted molar refractivity (Wildman–Crippen MR) is 94.2 cm³/mol. The zero-order valence-electron chi connectivity index (χ0n) is 14.3. The topological polar surface area (TPSA) is 94.3 Å². The first-order chi connectivity index (χ1) is 12.9. The van der Waals surface area contributed by atoms with Crippen molar-refractivity contribution in [2.45, 2.75) is 18.9 Å². The van der Waals surface area contributed by atoms with Crippen molar-refractivity contribution in [3.63, 3.8) is 0 Å². The van der Waals surface area contributed by atoms with Crippen molar-refractivity contribution in [1.82, 2.24) is 24.4 Å². The summed E-state index contributed by atoms with van der Waals surface area (Å²) in [6.07, 6.45) is 4.56. The Labute approximate surface area is 152 Å². The predicted octanol–water partition coefficient (Wildman–Crippen LogP) is 2.42. The molecular weight excluding hydrogens is 354 g/mol. The van der Waals surface area contributed by atoms with Crippen molar-refractivity contribution in [1.29, 1.82) is 0 Å². The van der Waals surface area contributed by atoms with E-state index in [0.717, 1.165) is 12.1 Å². The largest absolute Gasteiger partial charge is 0.382 e. The van der Waals surface area contributed by atoms with E-state index in [-0.39, 0.29) is 5.69 Å². The van der Waals surface area contributed by atoms with Gasteiger partial charge >= 0.3 is 0 Å². The minimum absolute atomic E-state index is 0.0766. The number of hydrogen-bond acceptors (Lipinski definition) is 5. The van der Waals surface area contributed by atoms with Gasteiger partial charge in [-0.15, -0.1) is 0 Å². The highest BCUT2D eigenvalue weighted by atomic mass is 19.1. The van der Waals surface area contributed by atoms with Gasteiger partial charge in [0.25, 0.3) is 0 Å². The standard InChI is InChI=1S/C18H16F2N6O/c1-2-18(27,16-6-5-15-17(21)22-10-24-26(15)16)11-8-23-25(9-11)14-4-3-12(19)7-13(14)20/h3-10,27H,2H2,1H3,(H2,21,22,24). The van der Waals surface area contributed by atoms with E-state index in [1.165, 1.54) is 34.0 Å². The average molecular weight is 370 g/mol. The average Bonchev–Trinajstić information content (AvgIpc) is 3.29. The molecule has 1 unspecified atom stereocenters. The van der Waals surface area contributed by atoms with Crippen LogP contribution in [0.4, 0.5) is 14.6 Å². The zero-order chi connectivity index (χ0) is 19.2. The van der Waals surface area contributed by atoms with Gasteiger partial charge in [0.1, 0.15) is 28.9 Å². The van der Waals surface area contributed by atoms with E-state index >= 15 is 0 Å². The molecule has 0 aliphatic heterocycles. The lowest BCUT2D eigenvalue weighted by atomic mass is 9.90. The number of rotatable bonds is 4. The molecule has 0 amide bonds. The molecule has 0 aliphatic rings. The second-order valence-corrected chi connectivity index (χ2v) is 6.14. The van der Waals surface area contributed by atoms with Crippen molar-refractivity contribution >= 4 is 11.3 Å². The van der Waals surface area contributed by atoms with Gasteiger partial charge in [0.05, 0.1) is 11.9 Å². The number of nitrogens with two attached hydrogens (primary N) is 1. The minimum atomic E-state index is -1.44. The van der Waals surface area contributed by atoms with E-state index in [4.69, 9.17) is 5.73 Å². The van der Waals surface area contributed by atoms with Gasteiger partial charge < -0.3 is 10.8 Å². The molecule has 0 saturated heterocycles. The van der Waals surface area contributed by atoms with Crippen LogP contribution in [0.15, 0.2) is 49.1 Å². The highest BCUT2D eigenvalue weighted by Gasteiger charge is 2.34. The van der Waals surface area contributed by atoms with Crippen LogP contribution in [0.1, 0.15) is 24.6 Å². The molecule has 3 aromatic heterocycles. The van der Waals surface area contributed by atoms with Gasteiger partial charge in [-0.25, -0.2) is 23.0 Å². The Morgan fingerprint density at radius 3 is 2.74 bits per heavy atom. The Morgan fingerprint density at radius 1 is 1.19 bits per heavy atom. The summed E-state index contributed by atoms with van der Waals surface area (Å²) in [4.78, 5) is 3.94. The van der Waals surface area contributed by atoms with Crippen molar-refractivity contribution in [3.8, 4) is 5.69 Å². The van der Waals surface area contributed by atoms with Crippen molar-refractivity contribution in [2.75, 3.05) is 5.73 Å². The van der Waals surface area contributed by atoms with E-state index in [2.05, 4.69) is 15.2 Å². The monoisotopic (exact) mass is 370 g/mol. The molecule has 0 spiro atoms. The van der Waals surface area contributed by atoms with E-state index < -0.39 is 17.2 Å². The van der Waals surface area contributed by atoms with Crippen molar-refractivity contribution < 1.29 is 13.9 Å². The van der Waals surface area contributed by atoms with Crippen LogP contribution in [0.5, 0.6) is 0 Å². The lowest BCUT2D eigenvalue weighted by molar-refractivity contribution is 0.0700. The van der Waals surface area contributed by atoms with Crippen LogP contribution in [0, 0.1) is 11.6 Å². The first kappa shape index (κ1) is 17.1. The fraction of sp³-hybridized carbons (Fsp3) is 0.167. The highest BCUT2D eigenvalue weighted by Crippen LogP contribution is 2.34. The summed E-state index contributed by atoms with van der Waals surface area (Å²) in [6.45, 7) is 1.81. The number of anilines is 1. The summed E-state index contributed by atoms with van der Waals surface area (Å²) in [7, 11) is 0. The number of fused-ring (bicyclic) bond motifs is 1. The van der Waals surface area contributed by atoms with Crippen LogP contribution < -0.4 is 5.73 Å². The van der Waals surface area contributed by atoms with Crippen molar-refractivity contribution in [2.24, 2.45) is 0 Å². The first-order valence-corrected chi connectivity index (χ1v) is 8.25. The molecule has 138 valence electrons. The zero-order valence-corrected chi connectivity index (χ0v) is 14.3. The van der Waals surface area contributed by atoms with Gasteiger partial charge in [-0.2, -0.15) is 10.2 Å². The number of nitrogens with zero attached hydrogens (tertiary/aromatic N) is 5. The smallest absolute Gasteiger partial charge is 0.151 e. The second-order valence-electron chi connectivity index (χ2n) is 6.14.